The number of carbonyl (C=O) groups is 4. The van der Waals surface area contributed by atoms with Gasteiger partial charge in [0.15, 0.2) is 0 Å². The van der Waals surface area contributed by atoms with Crippen LogP contribution in [0, 0.1) is 17.9 Å². The van der Waals surface area contributed by atoms with Gasteiger partial charge in [0.25, 0.3) is 29.3 Å². The molecular formula is C20H6N4O6S4. The number of hydrogen-bond acceptors (Lipinski definition) is 11. The summed E-state index contributed by atoms with van der Waals surface area (Å²) in [5.74, 6) is -3.35. The van der Waals surface area contributed by atoms with Gasteiger partial charge in [-0.2, -0.15) is 5.26 Å². The number of rotatable bonds is 0. The van der Waals surface area contributed by atoms with Crippen LogP contribution in [0.15, 0.2) is 62.6 Å². The molecule has 5 rings (SSSR count). The van der Waals surface area contributed by atoms with E-state index in [0.717, 1.165) is 47.0 Å². The van der Waals surface area contributed by atoms with Crippen molar-refractivity contribution < 1.29 is 29.4 Å². The molecule has 14 heteroatoms. The third-order valence-electron chi connectivity index (χ3n) is 4.72. The smallest absolute Gasteiger partial charge is 0.268 e. The molecule has 0 radical (unpaired) electrons. The van der Waals surface area contributed by atoms with Crippen LogP contribution in [-0.2, 0) is 19.2 Å². The van der Waals surface area contributed by atoms with Gasteiger partial charge in [-0.05, 0) is 12.2 Å². The Labute approximate surface area is 207 Å². The van der Waals surface area contributed by atoms with Crippen molar-refractivity contribution in [3.8, 4) is 17.6 Å². The van der Waals surface area contributed by atoms with Crippen LogP contribution in [0.2, 0.25) is 0 Å². The van der Waals surface area contributed by atoms with Gasteiger partial charge in [0.05, 0.1) is 45.8 Å². The number of benzene rings is 1. The molecule has 1 aromatic rings. The molecule has 4 heterocycles. The summed E-state index contributed by atoms with van der Waals surface area (Å²) in [5, 5.41) is 35.1. The Morgan fingerprint density at radius 3 is 1.65 bits per heavy atom. The van der Waals surface area contributed by atoms with Crippen molar-refractivity contribution in [2.45, 2.75) is 19.6 Å². The van der Waals surface area contributed by atoms with Crippen molar-refractivity contribution in [3.05, 3.63) is 54.5 Å². The Morgan fingerprint density at radius 1 is 0.765 bits per heavy atom. The Balaban J connectivity index is 1.57. The highest BCUT2D eigenvalue weighted by molar-refractivity contribution is 8.26. The third kappa shape index (κ3) is 3.31. The summed E-state index contributed by atoms with van der Waals surface area (Å²) in [5.41, 5.74) is -0.374. The minimum Gasteiger partial charge on any atom is -0.505 e. The molecule has 4 aliphatic rings. The van der Waals surface area contributed by atoms with E-state index in [2.05, 4.69) is 15.5 Å². The quantitative estimate of drug-likeness (QED) is 0.170. The zero-order valence-corrected chi connectivity index (χ0v) is 19.5. The van der Waals surface area contributed by atoms with Crippen LogP contribution in [0.5, 0.6) is 11.5 Å². The molecule has 0 spiro atoms. The first kappa shape index (κ1) is 22.2. The molecule has 0 aliphatic carbocycles. The fourth-order valence-electron chi connectivity index (χ4n) is 3.13. The lowest BCUT2D eigenvalue weighted by Gasteiger charge is -2.12. The van der Waals surface area contributed by atoms with Gasteiger partial charge >= 0.3 is 0 Å². The summed E-state index contributed by atoms with van der Waals surface area (Å²) in [4.78, 5) is 52.2. The summed E-state index contributed by atoms with van der Waals surface area (Å²) in [6, 6.07) is 1.71. The highest BCUT2D eigenvalue weighted by Crippen LogP contribution is 2.68. The first-order valence-corrected chi connectivity index (χ1v) is 12.2. The third-order valence-corrected chi connectivity index (χ3v) is 10.0. The molecule has 0 bridgehead atoms. The molecular weight excluding hydrogens is 521 g/mol. The minimum atomic E-state index is -0.802. The van der Waals surface area contributed by atoms with Crippen LogP contribution in [0.4, 0.5) is 0 Å². The Bertz CT molecular complexity index is 1370. The number of carbonyl (C=O) groups excluding carboxylic acids is 4. The van der Waals surface area contributed by atoms with E-state index in [9.17, 15) is 29.4 Å². The van der Waals surface area contributed by atoms with E-state index in [1.807, 2.05) is 0 Å². The summed E-state index contributed by atoms with van der Waals surface area (Å²) >= 11 is 4.01. The standard InChI is InChI=1S/C20H6N4O6S4/c1-22-8-3-7(17(29)24-18(8)30)20-33-13-9(25)11-12(10(26)14(13)34-20)32-19(31-11)6-2-5(4-21)15(27)23-16(6)28/h2-3,25-26H,(H,23,27,28)(H,24,29,30). The van der Waals surface area contributed by atoms with Crippen LogP contribution < -0.4 is 10.6 Å². The lowest BCUT2D eigenvalue weighted by Crippen LogP contribution is -2.36. The average Bonchev–Trinajstić information content (AvgIpc) is 3.44. The van der Waals surface area contributed by atoms with E-state index in [1.165, 1.54) is 12.2 Å². The van der Waals surface area contributed by atoms with Gasteiger partial charge in [-0.25, -0.2) is 4.85 Å². The lowest BCUT2D eigenvalue weighted by molar-refractivity contribution is -0.128. The van der Waals surface area contributed by atoms with Gasteiger partial charge in [-0.3, -0.25) is 29.8 Å². The number of nitriles is 1. The van der Waals surface area contributed by atoms with Crippen LogP contribution >= 0.6 is 47.0 Å². The van der Waals surface area contributed by atoms with Gasteiger partial charge < -0.3 is 10.2 Å². The second-order valence-electron chi connectivity index (χ2n) is 6.70. The second-order valence-corrected chi connectivity index (χ2v) is 11.3. The molecule has 0 atom stereocenters. The largest absolute Gasteiger partial charge is 0.505 e. The summed E-state index contributed by atoms with van der Waals surface area (Å²) in [7, 11) is 0. The van der Waals surface area contributed by atoms with Gasteiger partial charge in [-0.1, -0.05) is 47.0 Å². The van der Waals surface area contributed by atoms with E-state index in [-0.39, 0.29) is 53.5 Å². The van der Waals surface area contributed by atoms with E-state index in [0.29, 0.717) is 8.47 Å². The number of hydrogen-bond donors (Lipinski definition) is 4. The lowest BCUT2D eigenvalue weighted by atomic mass is 10.1. The van der Waals surface area contributed by atoms with Gasteiger partial charge in [-0.15, -0.1) is 0 Å². The monoisotopic (exact) mass is 526 g/mol. The fraction of sp³-hybridized carbons (Fsp3) is 0. The van der Waals surface area contributed by atoms with Gasteiger partial charge in [0, 0.05) is 0 Å². The van der Waals surface area contributed by atoms with Gasteiger partial charge in [0.2, 0.25) is 0 Å². The van der Waals surface area contributed by atoms with Crippen molar-refractivity contribution in [1.29, 1.82) is 5.26 Å². The molecule has 0 aromatic heterocycles. The molecule has 0 unspecified atom stereocenters. The number of nitrogens with one attached hydrogen (secondary N) is 2. The van der Waals surface area contributed by atoms with Crippen LogP contribution in [-0.4, -0.2) is 33.8 Å². The number of nitrogens with zero attached hydrogens (tertiary/aromatic N) is 2. The Hall–Kier alpha value is -3.56. The maximum Gasteiger partial charge on any atom is 0.268 e. The molecule has 0 saturated heterocycles. The normalized spacial score (nSPS) is 19.1. The molecule has 0 fully saturated rings. The van der Waals surface area contributed by atoms with Crippen molar-refractivity contribution >= 4 is 70.7 Å². The second kappa shape index (κ2) is 8.03. The van der Waals surface area contributed by atoms with E-state index >= 15 is 0 Å². The topological polar surface area (TPSA) is 161 Å². The zero-order valence-electron chi connectivity index (χ0n) is 16.2. The molecule has 4 N–H and O–H groups in total. The summed E-state index contributed by atoms with van der Waals surface area (Å²) in [6.07, 6.45) is 2.34. The highest BCUT2D eigenvalue weighted by Gasteiger charge is 2.39. The first-order chi connectivity index (χ1) is 16.2. The first-order valence-electron chi connectivity index (χ1n) is 8.97. The van der Waals surface area contributed by atoms with E-state index < -0.39 is 23.6 Å². The predicted molar refractivity (Wildman–Crippen MR) is 122 cm³/mol. The number of aromatic hydroxyl groups is 2. The molecule has 4 amide bonds. The van der Waals surface area contributed by atoms with Crippen molar-refractivity contribution in [2.75, 3.05) is 0 Å². The molecule has 1 aromatic carbocycles. The highest BCUT2D eigenvalue weighted by atomic mass is 32.2. The maximum absolute atomic E-state index is 12.3. The number of amides is 4. The number of imide groups is 2. The molecule has 166 valence electrons. The van der Waals surface area contributed by atoms with Crippen molar-refractivity contribution in [1.82, 2.24) is 10.6 Å². The maximum atomic E-state index is 12.3. The molecule has 0 saturated carbocycles. The van der Waals surface area contributed by atoms with Crippen molar-refractivity contribution in [3.63, 3.8) is 0 Å². The Morgan fingerprint density at radius 2 is 1.21 bits per heavy atom. The molecule has 34 heavy (non-hydrogen) atoms. The van der Waals surface area contributed by atoms with Crippen molar-refractivity contribution in [2.24, 2.45) is 0 Å². The van der Waals surface area contributed by atoms with Gasteiger partial charge in [0.1, 0.15) is 23.1 Å². The van der Waals surface area contributed by atoms with Crippen LogP contribution in [0.25, 0.3) is 4.85 Å². The molecule has 10 nitrogen and oxygen atoms in total. The fourth-order valence-corrected chi connectivity index (χ4v) is 8.44. The average molecular weight is 527 g/mol. The van der Waals surface area contributed by atoms with Crippen LogP contribution in [0.1, 0.15) is 0 Å². The number of thioether (sulfide) groups is 4. The van der Waals surface area contributed by atoms with E-state index in [4.69, 9.17) is 11.8 Å². The summed E-state index contributed by atoms with van der Waals surface area (Å²) < 4.78 is 0.737. The Kier molecular flexibility index (Phi) is 5.26. The predicted octanol–water partition coefficient (Wildman–Crippen LogP) is 2.48. The van der Waals surface area contributed by atoms with E-state index in [1.54, 1.807) is 6.07 Å². The number of phenols is 2. The number of phenolic OH excluding ortho intramolecular Hbond substituents is 2. The molecule has 4 aliphatic heterocycles. The zero-order chi connectivity index (χ0) is 24.3. The summed E-state index contributed by atoms with van der Waals surface area (Å²) in [6.45, 7) is 7.08. The number of fused-ring (bicyclic) bond motifs is 2. The SMILES string of the molecule is [C-]#[N+]C1=CC(=C2Sc3c(O)c4c(c(O)c3S2)SC(=C2C=C(C#N)C(=O)NC2=O)S4)C(=O)NC1=O. The van der Waals surface area contributed by atoms with Crippen LogP contribution in [0.3, 0.4) is 0 Å². The minimum absolute atomic E-state index is 0.0600.